The van der Waals surface area contributed by atoms with E-state index in [9.17, 15) is 9.59 Å². The number of amides is 2. The molecule has 36 heavy (non-hydrogen) atoms. The molecular weight excluding hydrogens is 448 g/mol. The number of likely N-dealkylation sites (tertiary alicyclic amines) is 1. The lowest BCUT2D eigenvalue weighted by molar-refractivity contribution is -0.134. The molecule has 2 aliphatic rings. The van der Waals surface area contributed by atoms with E-state index in [1.54, 1.807) is 0 Å². The molecule has 1 atom stereocenters. The zero-order chi connectivity index (χ0) is 25.9. The third-order valence-corrected chi connectivity index (χ3v) is 6.63. The molecule has 1 saturated heterocycles. The molecule has 0 spiro atoms. The molecule has 0 unspecified atom stereocenters. The zero-order valence-electron chi connectivity index (χ0n) is 22.1. The molecular formula is C31H38N2O3. The van der Waals surface area contributed by atoms with Crippen LogP contribution >= 0.6 is 0 Å². The summed E-state index contributed by atoms with van der Waals surface area (Å²) in [5.41, 5.74) is 6.99. The van der Waals surface area contributed by atoms with E-state index in [2.05, 4.69) is 79.8 Å². The third-order valence-electron chi connectivity index (χ3n) is 6.63. The van der Waals surface area contributed by atoms with Gasteiger partial charge in [-0.3, -0.25) is 4.79 Å². The minimum absolute atomic E-state index is 0.0260. The quantitative estimate of drug-likeness (QED) is 0.456. The fourth-order valence-corrected chi connectivity index (χ4v) is 5.06. The number of hydrogen-bond donors (Lipinski definition) is 1. The van der Waals surface area contributed by atoms with Crippen LogP contribution in [0.2, 0.25) is 0 Å². The molecule has 1 aliphatic carbocycles. The van der Waals surface area contributed by atoms with E-state index < -0.39 is 17.7 Å². The van der Waals surface area contributed by atoms with Crippen molar-refractivity contribution in [1.82, 2.24) is 10.2 Å². The Hall–Kier alpha value is -3.34. The summed E-state index contributed by atoms with van der Waals surface area (Å²) in [4.78, 5) is 27.8. The Morgan fingerprint density at radius 3 is 1.94 bits per heavy atom. The molecule has 1 aliphatic heterocycles. The van der Waals surface area contributed by atoms with Crippen LogP contribution in [0.15, 0.2) is 54.1 Å². The van der Waals surface area contributed by atoms with Gasteiger partial charge < -0.3 is 15.0 Å². The van der Waals surface area contributed by atoms with Crippen molar-refractivity contribution in [3.8, 4) is 0 Å². The first-order valence-electron chi connectivity index (χ1n) is 13.0. The van der Waals surface area contributed by atoms with Crippen LogP contribution in [0.1, 0.15) is 76.1 Å². The average Bonchev–Trinajstić information content (AvgIpc) is 2.99. The van der Waals surface area contributed by atoms with E-state index in [-0.39, 0.29) is 11.8 Å². The molecule has 1 heterocycles. The highest BCUT2D eigenvalue weighted by Crippen LogP contribution is 2.38. The Kier molecular flexibility index (Phi) is 7.67. The monoisotopic (exact) mass is 486 g/mol. The number of fused-ring (bicyclic) bond motifs is 2. The minimum atomic E-state index is -0.609. The number of piperidine rings is 1. The smallest absolute Gasteiger partial charge is 0.408 e. The Labute approximate surface area is 215 Å². The molecule has 2 aromatic carbocycles. The van der Waals surface area contributed by atoms with Gasteiger partial charge in [-0.25, -0.2) is 4.79 Å². The summed E-state index contributed by atoms with van der Waals surface area (Å²) < 4.78 is 5.43. The lowest BCUT2D eigenvalue weighted by Crippen LogP contribution is -2.51. The Bertz CT molecular complexity index is 1120. The molecule has 5 heteroatoms. The van der Waals surface area contributed by atoms with E-state index in [0.29, 0.717) is 19.5 Å². The predicted octanol–water partition coefficient (Wildman–Crippen LogP) is 6.53. The van der Waals surface area contributed by atoms with Gasteiger partial charge in [-0.2, -0.15) is 0 Å². The summed E-state index contributed by atoms with van der Waals surface area (Å²) in [6, 6.07) is 16.5. The first-order valence-corrected chi connectivity index (χ1v) is 13.0. The normalized spacial score (nSPS) is 16.2. The number of nitrogens with zero attached hydrogens (tertiary/aromatic N) is 1. The van der Waals surface area contributed by atoms with Crippen molar-refractivity contribution >= 4 is 29.7 Å². The maximum atomic E-state index is 13.5. The highest BCUT2D eigenvalue weighted by atomic mass is 16.6. The van der Waals surface area contributed by atoms with Gasteiger partial charge in [0.15, 0.2) is 0 Å². The standard InChI is InChI=1S/C31H38N2O3/c1-21(2)20-27(32-30(35)36-31(3,4)5)29(34)33-18-16-24(17-19-33)28-25-12-8-6-10-22(25)14-15-23-11-7-9-13-26(23)28/h6-15,21,27H,16-20H2,1-5H3,(H,32,35)/t27-/m0/s1. The highest BCUT2D eigenvalue weighted by molar-refractivity contribution is 5.95. The lowest BCUT2D eigenvalue weighted by atomic mass is 9.86. The number of ether oxygens (including phenoxy) is 1. The number of benzene rings is 2. The van der Waals surface area contributed by atoms with Crippen LogP contribution in [0.5, 0.6) is 0 Å². The van der Waals surface area contributed by atoms with Gasteiger partial charge in [0.05, 0.1) is 0 Å². The van der Waals surface area contributed by atoms with Gasteiger partial charge in [-0.05, 0) is 73.8 Å². The van der Waals surface area contributed by atoms with Crippen molar-refractivity contribution in [1.29, 1.82) is 0 Å². The van der Waals surface area contributed by atoms with Crippen molar-refractivity contribution in [3.63, 3.8) is 0 Å². The van der Waals surface area contributed by atoms with Crippen LogP contribution < -0.4 is 5.32 Å². The first-order chi connectivity index (χ1) is 17.1. The molecule has 5 nitrogen and oxygen atoms in total. The maximum Gasteiger partial charge on any atom is 0.408 e. The van der Waals surface area contributed by atoms with Crippen LogP contribution in [0, 0.1) is 5.92 Å². The fraction of sp³-hybridized carbons (Fsp3) is 0.419. The molecule has 0 radical (unpaired) electrons. The van der Waals surface area contributed by atoms with E-state index >= 15 is 0 Å². The van der Waals surface area contributed by atoms with E-state index in [1.165, 1.54) is 33.4 Å². The van der Waals surface area contributed by atoms with Crippen LogP contribution in [-0.4, -0.2) is 41.6 Å². The van der Waals surface area contributed by atoms with Crippen molar-refractivity contribution in [2.45, 2.75) is 65.5 Å². The third kappa shape index (κ3) is 6.07. The summed E-state index contributed by atoms with van der Waals surface area (Å²) >= 11 is 0. The largest absolute Gasteiger partial charge is 0.444 e. The van der Waals surface area contributed by atoms with Crippen molar-refractivity contribution < 1.29 is 14.3 Å². The molecule has 190 valence electrons. The Morgan fingerprint density at radius 2 is 1.44 bits per heavy atom. The second-order valence-corrected chi connectivity index (χ2v) is 11.1. The van der Waals surface area contributed by atoms with Crippen LogP contribution in [0.4, 0.5) is 4.79 Å². The van der Waals surface area contributed by atoms with Crippen LogP contribution in [0.3, 0.4) is 0 Å². The van der Waals surface area contributed by atoms with Crippen molar-refractivity contribution in [2.75, 3.05) is 13.1 Å². The second kappa shape index (κ2) is 10.7. The first kappa shape index (κ1) is 25.7. The minimum Gasteiger partial charge on any atom is -0.444 e. The summed E-state index contributed by atoms with van der Waals surface area (Å²) in [6.07, 6.45) is 6.04. The summed E-state index contributed by atoms with van der Waals surface area (Å²) in [5, 5.41) is 2.84. The Balaban J connectivity index is 1.56. The number of nitrogens with one attached hydrogen (secondary N) is 1. The molecule has 2 aromatic rings. The summed E-state index contributed by atoms with van der Waals surface area (Å²) in [7, 11) is 0. The summed E-state index contributed by atoms with van der Waals surface area (Å²) in [6.45, 7) is 10.9. The molecule has 0 saturated carbocycles. The maximum absolute atomic E-state index is 13.5. The summed E-state index contributed by atoms with van der Waals surface area (Å²) in [5.74, 6) is 0.241. The topological polar surface area (TPSA) is 58.6 Å². The fourth-order valence-electron chi connectivity index (χ4n) is 5.06. The highest BCUT2D eigenvalue weighted by Gasteiger charge is 2.31. The molecule has 0 aromatic heterocycles. The van der Waals surface area contributed by atoms with Gasteiger partial charge in [-0.15, -0.1) is 0 Å². The van der Waals surface area contributed by atoms with Crippen LogP contribution in [-0.2, 0) is 9.53 Å². The van der Waals surface area contributed by atoms with Crippen molar-refractivity contribution in [2.24, 2.45) is 5.92 Å². The molecule has 0 bridgehead atoms. The second-order valence-electron chi connectivity index (χ2n) is 11.1. The SMILES string of the molecule is CC(C)C[C@H](NC(=O)OC(C)(C)C)C(=O)N1CCC(=C2c3ccccc3C=Cc3ccccc32)CC1. The van der Waals surface area contributed by atoms with Gasteiger partial charge >= 0.3 is 6.09 Å². The van der Waals surface area contributed by atoms with Gasteiger partial charge in [0.25, 0.3) is 0 Å². The molecule has 1 N–H and O–H groups in total. The predicted molar refractivity (Wildman–Crippen MR) is 146 cm³/mol. The number of hydrogen-bond acceptors (Lipinski definition) is 3. The van der Waals surface area contributed by atoms with Gasteiger partial charge in [-0.1, -0.05) is 80.1 Å². The van der Waals surface area contributed by atoms with Gasteiger partial charge in [0.1, 0.15) is 11.6 Å². The van der Waals surface area contributed by atoms with E-state index in [1.807, 2.05) is 25.7 Å². The molecule has 1 fully saturated rings. The van der Waals surface area contributed by atoms with Gasteiger partial charge in [0, 0.05) is 13.1 Å². The number of rotatable bonds is 4. The molecule has 2 amide bonds. The van der Waals surface area contributed by atoms with E-state index in [0.717, 1.165) is 12.8 Å². The van der Waals surface area contributed by atoms with E-state index in [4.69, 9.17) is 4.74 Å². The number of alkyl carbamates (subject to hydrolysis) is 1. The lowest BCUT2D eigenvalue weighted by Gasteiger charge is -2.34. The molecule has 4 rings (SSSR count). The van der Waals surface area contributed by atoms with Crippen molar-refractivity contribution in [3.05, 3.63) is 76.4 Å². The Morgan fingerprint density at radius 1 is 0.917 bits per heavy atom. The average molecular weight is 487 g/mol. The number of carbonyl (C=O) groups is 2. The van der Waals surface area contributed by atoms with Gasteiger partial charge in [0.2, 0.25) is 5.91 Å². The number of carbonyl (C=O) groups excluding carboxylic acids is 2. The van der Waals surface area contributed by atoms with Crippen LogP contribution in [0.25, 0.3) is 17.7 Å². The zero-order valence-corrected chi connectivity index (χ0v) is 22.1.